The van der Waals surface area contributed by atoms with Gasteiger partial charge < -0.3 is 5.32 Å². The van der Waals surface area contributed by atoms with Gasteiger partial charge in [0.1, 0.15) is 5.82 Å². The van der Waals surface area contributed by atoms with Gasteiger partial charge in [-0.2, -0.15) is 0 Å². The van der Waals surface area contributed by atoms with Gasteiger partial charge in [0.05, 0.1) is 5.56 Å². The Labute approximate surface area is 127 Å². The number of rotatable bonds is 2. The predicted octanol–water partition coefficient (Wildman–Crippen LogP) is 4.91. The maximum Gasteiger partial charge on any atom is 0.256 e. The number of hydrogen-bond acceptors (Lipinski definition) is 1. The Morgan fingerprint density at radius 3 is 2.53 bits per heavy atom. The number of amides is 1. The minimum absolute atomic E-state index is 0.242. The van der Waals surface area contributed by atoms with Crippen molar-refractivity contribution in [2.45, 2.75) is 6.92 Å². The summed E-state index contributed by atoms with van der Waals surface area (Å²) in [5.41, 5.74) is 1.80. The van der Waals surface area contributed by atoms with E-state index in [0.717, 1.165) is 4.47 Å². The van der Waals surface area contributed by atoms with Crippen LogP contribution in [0.4, 0.5) is 10.1 Å². The van der Waals surface area contributed by atoms with Crippen molar-refractivity contribution in [3.63, 3.8) is 0 Å². The van der Waals surface area contributed by atoms with E-state index in [0.29, 0.717) is 21.3 Å². The summed E-state index contributed by atoms with van der Waals surface area (Å²) < 4.78 is 14.6. The van der Waals surface area contributed by atoms with E-state index in [2.05, 4.69) is 37.2 Å². The average Bonchev–Trinajstić information content (AvgIpc) is 2.32. The first-order chi connectivity index (χ1) is 8.97. The van der Waals surface area contributed by atoms with Crippen molar-refractivity contribution in [1.82, 2.24) is 0 Å². The van der Waals surface area contributed by atoms with Crippen molar-refractivity contribution in [2.24, 2.45) is 0 Å². The first-order valence-corrected chi connectivity index (χ1v) is 7.08. The third-order valence-corrected chi connectivity index (χ3v) is 3.76. The van der Waals surface area contributed by atoms with Gasteiger partial charge in [0.2, 0.25) is 0 Å². The van der Waals surface area contributed by atoms with Crippen LogP contribution < -0.4 is 5.32 Å². The van der Waals surface area contributed by atoms with Crippen LogP contribution in [-0.2, 0) is 0 Å². The number of carbonyl (C=O) groups excluding carboxylic acids is 1. The van der Waals surface area contributed by atoms with Crippen molar-refractivity contribution in [1.29, 1.82) is 0 Å². The quantitative estimate of drug-likeness (QED) is 0.780. The summed E-state index contributed by atoms with van der Waals surface area (Å²) in [6.45, 7) is 1.75. The van der Waals surface area contributed by atoms with Crippen LogP contribution in [0.1, 0.15) is 15.9 Å². The second kappa shape index (κ2) is 5.84. The number of benzene rings is 2. The molecule has 2 aromatic carbocycles. The van der Waals surface area contributed by atoms with Crippen LogP contribution in [-0.4, -0.2) is 5.91 Å². The van der Waals surface area contributed by atoms with Crippen molar-refractivity contribution in [3.05, 3.63) is 62.3 Å². The highest BCUT2D eigenvalue weighted by Gasteiger charge is 2.11. The first kappa shape index (κ1) is 14.2. The standard InChI is InChI=1S/C14H10Br2FNO/c1-8-6-10(17)3-5-13(8)18-14(19)11-4-2-9(15)7-12(11)16/h2-7H,1H3,(H,18,19). The van der Waals surface area contributed by atoms with E-state index < -0.39 is 0 Å². The lowest BCUT2D eigenvalue weighted by Gasteiger charge is -2.09. The summed E-state index contributed by atoms with van der Waals surface area (Å²) in [6.07, 6.45) is 0. The van der Waals surface area contributed by atoms with Gasteiger partial charge in [-0.15, -0.1) is 0 Å². The Morgan fingerprint density at radius 1 is 1.16 bits per heavy atom. The van der Waals surface area contributed by atoms with Gasteiger partial charge >= 0.3 is 0 Å². The second-order valence-corrected chi connectivity index (χ2v) is 5.81. The van der Waals surface area contributed by atoms with E-state index in [1.54, 1.807) is 31.2 Å². The molecule has 0 bridgehead atoms. The van der Waals surface area contributed by atoms with Gasteiger partial charge in [0.15, 0.2) is 0 Å². The van der Waals surface area contributed by atoms with Crippen LogP contribution in [0.25, 0.3) is 0 Å². The molecule has 0 spiro atoms. The molecule has 0 saturated heterocycles. The third kappa shape index (κ3) is 3.42. The van der Waals surface area contributed by atoms with Gasteiger partial charge in [-0.1, -0.05) is 15.9 Å². The Bertz CT molecular complexity index is 643. The van der Waals surface area contributed by atoms with Gasteiger partial charge in [-0.05, 0) is 64.8 Å². The molecule has 1 amide bonds. The summed E-state index contributed by atoms with van der Waals surface area (Å²) >= 11 is 6.67. The zero-order chi connectivity index (χ0) is 14.0. The largest absolute Gasteiger partial charge is 0.322 e. The summed E-state index contributed by atoms with van der Waals surface area (Å²) in [5.74, 6) is -0.561. The van der Waals surface area contributed by atoms with Gasteiger partial charge in [0.25, 0.3) is 5.91 Å². The van der Waals surface area contributed by atoms with Crippen molar-refractivity contribution < 1.29 is 9.18 Å². The minimum Gasteiger partial charge on any atom is -0.322 e. The molecule has 0 fully saturated rings. The summed E-state index contributed by atoms with van der Waals surface area (Å²) in [5, 5.41) is 2.76. The highest BCUT2D eigenvalue weighted by atomic mass is 79.9. The fourth-order valence-electron chi connectivity index (χ4n) is 1.63. The molecule has 0 atom stereocenters. The lowest BCUT2D eigenvalue weighted by atomic mass is 10.1. The van der Waals surface area contributed by atoms with Crippen LogP contribution in [0.2, 0.25) is 0 Å². The number of nitrogens with one attached hydrogen (secondary N) is 1. The van der Waals surface area contributed by atoms with Gasteiger partial charge in [-0.3, -0.25) is 4.79 Å². The zero-order valence-electron chi connectivity index (χ0n) is 10.0. The fourth-order valence-corrected chi connectivity index (χ4v) is 2.86. The van der Waals surface area contributed by atoms with Gasteiger partial charge in [-0.25, -0.2) is 4.39 Å². The fraction of sp³-hybridized carbons (Fsp3) is 0.0714. The number of halogens is 3. The number of carbonyl (C=O) groups is 1. The van der Waals surface area contributed by atoms with Crippen LogP contribution in [0.15, 0.2) is 45.3 Å². The molecule has 19 heavy (non-hydrogen) atoms. The summed E-state index contributed by atoms with van der Waals surface area (Å²) in [4.78, 5) is 12.1. The van der Waals surface area contributed by atoms with E-state index >= 15 is 0 Å². The van der Waals surface area contributed by atoms with Crippen LogP contribution >= 0.6 is 31.9 Å². The van der Waals surface area contributed by atoms with E-state index in [1.807, 2.05) is 0 Å². The highest BCUT2D eigenvalue weighted by Crippen LogP contribution is 2.24. The molecule has 1 N–H and O–H groups in total. The molecular weight excluding hydrogens is 377 g/mol. The molecular formula is C14H10Br2FNO. The molecule has 98 valence electrons. The van der Waals surface area contributed by atoms with Crippen LogP contribution in [0.3, 0.4) is 0 Å². The maximum absolute atomic E-state index is 13.0. The maximum atomic E-state index is 13.0. The molecule has 0 heterocycles. The predicted molar refractivity (Wildman–Crippen MR) is 80.9 cm³/mol. The first-order valence-electron chi connectivity index (χ1n) is 5.50. The lowest BCUT2D eigenvalue weighted by molar-refractivity contribution is 0.102. The molecule has 0 aliphatic rings. The molecule has 2 rings (SSSR count). The Balaban J connectivity index is 2.25. The van der Waals surface area contributed by atoms with Crippen LogP contribution in [0.5, 0.6) is 0 Å². The highest BCUT2D eigenvalue weighted by molar-refractivity contribution is 9.11. The smallest absolute Gasteiger partial charge is 0.256 e. The van der Waals surface area contributed by atoms with E-state index in [-0.39, 0.29) is 11.7 Å². The molecule has 0 aliphatic heterocycles. The van der Waals surface area contributed by atoms with E-state index in [9.17, 15) is 9.18 Å². The molecule has 0 radical (unpaired) electrons. The van der Waals surface area contributed by atoms with E-state index in [4.69, 9.17) is 0 Å². The third-order valence-electron chi connectivity index (χ3n) is 2.61. The second-order valence-electron chi connectivity index (χ2n) is 4.04. The van der Waals surface area contributed by atoms with Crippen molar-refractivity contribution in [3.8, 4) is 0 Å². The number of anilines is 1. The molecule has 2 aromatic rings. The Kier molecular flexibility index (Phi) is 4.37. The molecule has 0 aliphatic carbocycles. The minimum atomic E-state index is -0.319. The van der Waals surface area contributed by atoms with Crippen LogP contribution in [0, 0.1) is 12.7 Å². The van der Waals surface area contributed by atoms with Crippen molar-refractivity contribution in [2.75, 3.05) is 5.32 Å². The monoisotopic (exact) mass is 385 g/mol. The normalized spacial score (nSPS) is 10.3. The lowest BCUT2D eigenvalue weighted by Crippen LogP contribution is -2.13. The molecule has 0 aromatic heterocycles. The molecule has 0 saturated carbocycles. The molecule has 5 heteroatoms. The number of hydrogen-bond donors (Lipinski definition) is 1. The molecule has 2 nitrogen and oxygen atoms in total. The Hall–Kier alpha value is -1.20. The zero-order valence-corrected chi connectivity index (χ0v) is 13.2. The SMILES string of the molecule is Cc1cc(F)ccc1NC(=O)c1ccc(Br)cc1Br. The topological polar surface area (TPSA) is 29.1 Å². The number of aryl methyl sites for hydroxylation is 1. The van der Waals surface area contributed by atoms with Gasteiger partial charge in [0, 0.05) is 14.6 Å². The van der Waals surface area contributed by atoms with Crippen molar-refractivity contribution >= 4 is 43.5 Å². The summed E-state index contributed by atoms with van der Waals surface area (Å²) in [6, 6.07) is 9.55. The average molecular weight is 387 g/mol. The van der Waals surface area contributed by atoms with E-state index in [1.165, 1.54) is 12.1 Å². The Morgan fingerprint density at radius 2 is 1.89 bits per heavy atom. The summed E-state index contributed by atoms with van der Waals surface area (Å²) in [7, 11) is 0. The molecule has 0 unspecified atom stereocenters.